The number of benzene rings is 1. The monoisotopic (exact) mass is 285 g/mol. The zero-order valence-electron chi connectivity index (χ0n) is 13.4. The van der Waals surface area contributed by atoms with Gasteiger partial charge >= 0.3 is 0 Å². The minimum atomic E-state index is -0.270. The highest BCUT2D eigenvalue weighted by Crippen LogP contribution is 2.42. The second kappa shape index (κ2) is 7.50. The number of nitriles is 1. The van der Waals surface area contributed by atoms with E-state index in [4.69, 9.17) is 4.74 Å². The molecule has 1 fully saturated rings. The molecule has 1 aliphatic rings. The molecule has 1 aliphatic carbocycles. The van der Waals surface area contributed by atoms with Crippen LogP contribution in [0.15, 0.2) is 24.3 Å². The maximum atomic E-state index is 9.74. The minimum absolute atomic E-state index is 0.270. The van der Waals surface area contributed by atoms with Gasteiger partial charge in [0.15, 0.2) is 0 Å². The molecule has 1 saturated carbocycles. The molecule has 0 spiro atoms. The highest BCUT2D eigenvalue weighted by atomic mass is 16.5. The van der Waals surface area contributed by atoms with Gasteiger partial charge < -0.3 is 4.74 Å². The van der Waals surface area contributed by atoms with Crippen LogP contribution in [0.2, 0.25) is 0 Å². The highest BCUT2D eigenvalue weighted by molar-refractivity contribution is 5.37. The molecule has 1 aromatic rings. The first-order chi connectivity index (χ1) is 10.2. The number of unbranched alkanes of at least 4 members (excludes halogenated alkanes) is 2. The Bertz CT molecular complexity index is 463. The van der Waals surface area contributed by atoms with Gasteiger partial charge in [0.05, 0.1) is 18.6 Å². The van der Waals surface area contributed by atoms with Crippen molar-refractivity contribution >= 4 is 0 Å². The van der Waals surface area contributed by atoms with E-state index in [1.807, 2.05) is 12.1 Å². The molecule has 0 amide bonds. The molecule has 0 unspecified atom stereocenters. The molecule has 0 aromatic heterocycles. The summed E-state index contributed by atoms with van der Waals surface area (Å²) >= 11 is 0. The van der Waals surface area contributed by atoms with Crippen molar-refractivity contribution in [3.05, 3.63) is 29.8 Å². The Labute approximate surface area is 129 Å². The molecule has 2 nitrogen and oxygen atoms in total. The van der Waals surface area contributed by atoms with Gasteiger partial charge in [0.25, 0.3) is 0 Å². The van der Waals surface area contributed by atoms with E-state index in [0.29, 0.717) is 0 Å². The first-order valence-corrected chi connectivity index (χ1v) is 8.30. The fourth-order valence-corrected chi connectivity index (χ4v) is 3.52. The van der Waals surface area contributed by atoms with E-state index < -0.39 is 0 Å². The molecule has 114 valence electrons. The van der Waals surface area contributed by atoms with Crippen LogP contribution in [0.1, 0.15) is 63.9 Å². The molecule has 0 atom stereocenters. The average molecular weight is 285 g/mol. The van der Waals surface area contributed by atoms with Crippen molar-refractivity contribution in [2.45, 2.75) is 63.7 Å². The Kier molecular flexibility index (Phi) is 5.67. The van der Waals surface area contributed by atoms with Gasteiger partial charge in [-0.2, -0.15) is 5.26 Å². The summed E-state index contributed by atoms with van der Waals surface area (Å²) in [5, 5.41) is 9.74. The third kappa shape index (κ3) is 3.79. The van der Waals surface area contributed by atoms with Crippen LogP contribution in [0.25, 0.3) is 0 Å². The predicted molar refractivity (Wildman–Crippen MR) is 86.4 cm³/mol. The van der Waals surface area contributed by atoms with Crippen LogP contribution in [0.5, 0.6) is 5.75 Å². The number of hydrogen-bond acceptors (Lipinski definition) is 2. The lowest BCUT2D eigenvalue weighted by atomic mass is 9.67. The summed E-state index contributed by atoms with van der Waals surface area (Å²) in [6.45, 7) is 2.26. The normalized spacial score (nSPS) is 25.3. The predicted octanol–water partition coefficient (Wildman–Crippen LogP) is 5.23. The lowest BCUT2D eigenvalue weighted by Crippen LogP contribution is -2.30. The van der Waals surface area contributed by atoms with Crippen LogP contribution in [-0.4, -0.2) is 7.11 Å². The Morgan fingerprint density at radius 3 is 2.38 bits per heavy atom. The second-order valence-corrected chi connectivity index (χ2v) is 6.36. The van der Waals surface area contributed by atoms with E-state index >= 15 is 0 Å². The molecule has 0 bridgehead atoms. The molecule has 0 aliphatic heterocycles. The highest BCUT2D eigenvalue weighted by Gasteiger charge is 2.36. The minimum Gasteiger partial charge on any atom is -0.497 e. The first-order valence-electron chi connectivity index (χ1n) is 8.30. The SMILES string of the molecule is CCCCC[C@H]1CC[C@@](C#N)(c2ccc(OC)cc2)CC1. The molecule has 0 radical (unpaired) electrons. The second-order valence-electron chi connectivity index (χ2n) is 6.36. The van der Waals surface area contributed by atoms with Crippen LogP contribution >= 0.6 is 0 Å². The van der Waals surface area contributed by atoms with Gasteiger partial charge in [-0.3, -0.25) is 0 Å². The topological polar surface area (TPSA) is 33.0 Å². The Balaban J connectivity index is 1.99. The molecule has 1 aromatic carbocycles. The lowest BCUT2D eigenvalue weighted by molar-refractivity contribution is 0.261. The number of methoxy groups -OCH3 is 1. The van der Waals surface area contributed by atoms with Crippen LogP contribution in [0, 0.1) is 17.2 Å². The molecule has 2 rings (SSSR count). The van der Waals surface area contributed by atoms with Crippen LogP contribution in [0.3, 0.4) is 0 Å². The third-order valence-corrected chi connectivity index (χ3v) is 5.03. The Hall–Kier alpha value is -1.49. The third-order valence-electron chi connectivity index (χ3n) is 5.03. The maximum absolute atomic E-state index is 9.74. The smallest absolute Gasteiger partial charge is 0.118 e. The van der Waals surface area contributed by atoms with Crippen molar-refractivity contribution in [1.29, 1.82) is 5.26 Å². The van der Waals surface area contributed by atoms with Gasteiger partial charge in [-0.05, 0) is 49.3 Å². The van der Waals surface area contributed by atoms with Gasteiger partial charge in [0.1, 0.15) is 5.75 Å². The molecule has 0 N–H and O–H groups in total. The molecule has 2 heteroatoms. The largest absolute Gasteiger partial charge is 0.497 e. The van der Waals surface area contributed by atoms with Gasteiger partial charge in [-0.15, -0.1) is 0 Å². The van der Waals surface area contributed by atoms with Gasteiger partial charge in [-0.1, -0.05) is 44.7 Å². The summed E-state index contributed by atoms with van der Waals surface area (Å²) in [6.07, 6.45) is 9.74. The van der Waals surface area contributed by atoms with Crippen LogP contribution in [-0.2, 0) is 5.41 Å². The zero-order chi connectivity index (χ0) is 15.1. The standard InChI is InChI=1S/C19H27NO/c1-3-4-5-6-16-11-13-19(15-20,14-12-16)17-7-9-18(21-2)10-8-17/h7-10,16H,3-6,11-14H2,1-2H3/t16-,19+. The van der Waals surface area contributed by atoms with Crippen molar-refractivity contribution in [2.75, 3.05) is 7.11 Å². The van der Waals surface area contributed by atoms with Gasteiger partial charge in [0, 0.05) is 0 Å². The summed E-state index contributed by atoms with van der Waals surface area (Å²) in [5.41, 5.74) is 0.894. The maximum Gasteiger partial charge on any atom is 0.118 e. The van der Waals surface area contributed by atoms with Crippen molar-refractivity contribution in [3.63, 3.8) is 0 Å². The average Bonchev–Trinajstić information content (AvgIpc) is 2.56. The fraction of sp³-hybridized carbons (Fsp3) is 0.632. The lowest BCUT2D eigenvalue weighted by Gasteiger charge is -2.35. The van der Waals surface area contributed by atoms with Crippen molar-refractivity contribution in [1.82, 2.24) is 0 Å². The van der Waals surface area contributed by atoms with Crippen LogP contribution < -0.4 is 4.74 Å². The fourth-order valence-electron chi connectivity index (χ4n) is 3.52. The summed E-state index contributed by atoms with van der Waals surface area (Å²) in [7, 11) is 1.68. The van der Waals surface area contributed by atoms with Crippen molar-refractivity contribution < 1.29 is 4.74 Å². The number of nitrogens with zero attached hydrogens (tertiary/aromatic N) is 1. The van der Waals surface area contributed by atoms with E-state index in [2.05, 4.69) is 25.1 Å². The zero-order valence-corrected chi connectivity index (χ0v) is 13.4. The summed E-state index contributed by atoms with van der Waals surface area (Å²) < 4.78 is 5.21. The Morgan fingerprint density at radius 1 is 1.19 bits per heavy atom. The van der Waals surface area contributed by atoms with E-state index in [9.17, 15) is 5.26 Å². The quantitative estimate of drug-likeness (QED) is 0.671. The number of ether oxygens (including phenoxy) is 1. The number of rotatable bonds is 6. The summed E-state index contributed by atoms with van der Waals surface area (Å²) in [4.78, 5) is 0. The first kappa shape index (κ1) is 15.9. The summed E-state index contributed by atoms with van der Waals surface area (Å²) in [6, 6.07) is 10.7. The molecule has 0 saturated heterocycles. The van der Waals surface area contributed by atoms with Gasteiger partial charge in [-0.25, -0.2) is 0 Å². The van der Waals surface area contributed by atoms with Crippen molar-refractivity contribution in [3.8, 4) is 11.8 Å². The van der Waals surface area contributed by atoms with Crippen molar-refractivity contribution in [2.24, 2.45) is 5.92 Å². The number of hydrogen-bond donors (Lipinski definition) is 0. The van der Waals surface area contributed by atoms with E-state index in [0.717, 1.165) is 30.1 Å². The van der Waals surface area contributed by atoms with Gasteiger partial charge in [0.2, 0.25) is 0 Å². The summed E-state index contributed by atoms with van der Waals surface area (Å²) in [5.74, 6) is 1.69. The molecular formula is C19H27NO. The van der Waals surface area contributed by atoms with Crippen LogP contribution in [0.4, 0.5) is 0 Å². The van der Waals surface area contributed by atoms with E-state index in [-0.39, 0.29) is 5.41 Å². The molecule has 0 heterocycles. The Morgan fingerprint density at radius 2 is 1.86 bits per heavy atom. The van der Waals surface area contributed by atoms with E-state index in [1.54, 1.807) is 7.11 Å². The molecular weight excluding hydrogens is 258 g/mol. The molecule has 21 heavy (non-hydrogen) atoms. The van der Waals surface area contributed by atoms with E-state index in [1.165, 1.54) is 38.5 Å².